The molecule has 2 heterocycles. The summed E-state index contributed by atoms with van der Waals surface area (Å²) >= 11 is 0. The van der Waals surface area contributed by atoms with Gasteiger partial charge < -0.3 is 4.74 Å². The van der Waals surface area contributed by atoms with E-state index in [0.29, 0.717) is 24.9 Å². The maximum Gasteiger partial charge on any atom is 0.211 e. The van der Waals surface area contributed by atoms with Crippen molar-refractivity contribution in [2.75, 3.05) is 32.6 Å². The number of nitrogens with two attached hydrogens (primary N) is 1. The lowest BCUT2D eigenvalue weighted by Crippen LogP contribution is -2.46. The van der Waals surface area contributed by atoms with Crippen molar-refractivity contribution in [3.8, 4) is 0 Å². The maximum absolute atomic E-state index is 11.6. The Morgan fingerprint density at radius 1 is 1.47 bits per heavy atom. The van der Waals surface area contributed by atoms with E-state index in [0.717, 1.165) is 38.9 Å². The third kappa shape index (κ3) is 4.13. The Labute approximate surface area is 115 Å². The standard InChI is InChI=1S/C12H25N3O3S/c1-19(16,17)15-5-2-3-10(8-15)7-12(14-13)11-4-6-18-9-11/h10-12,14H,2-9,13H2,1H3. The minimum Gasteiger partial charge on any atom is -0.381 e. The van der Waals surface area contributed by atoms with Crippen LogP contribution in [-0.2, 0) is 14.8 Å². The molecule has 0 aromatic rings. The summed E-state index contributed by atoms with van der Waals surface area (Å²) in [5.74, 6) is 6.50. The van der Waals surface area contributed by atoms with Crippen LogP contribution in [0.15, 0.2) is 0 Å². The highest BCUT2D eigenvalue weighted by molar-refractivity contribution is 7.88. The lowest BCUT2D eigenvalue weighted by atomic mass is 9.86. The molecule has 2 fully saturated rings. The third-order valence-corrected chi connectivity index (χ3v) is 5.56. The summed E-state index contributed by atoms with van der Waals surface area (Å²) in [5, 5.41) is 0. The largest absolute Gasteiger partial charge is 0.381 e. The number of hydrogen-bond acceptors (Lipinski definition) is 5. The molecule has 0 saturated carbocycles. The average molecular weight is 291 g/mol. The predicted molar refractivity (Wildman–Crippen MR) is 73.8 cm³/mol. The number of hydrogen-bond donors (Lipinski definition) is 2. The summed E-state index contributed by atoms with van der Waals surface area (Å²) in [7, 11) is -3.06. The van der Waals surface area contributed by atoms with E-state index in [-0.39, 0.29) is 6.04 Å². The molecule has 2 rings (SSSR count). The lowest BCUT2D eigenvalue weighted by Gasteiger charge is -2.34. The predicted octanol–water partition coefficient (Wildman–Crippen LogP) is -0.0835. The number of nitrogens with zero attached hydrogens (tertiary/aromatic N) is 1. The monoisotopic (exact) mass is 291 g/mol. The lowest BCUT2D eigenvalue weighted by molar-refractivity contribution is 0.164. The second-order valence-corrected chi connectivity index (χ2v) is 7.74. The smallest absolute Gasteiger partial charge is 0.211 e. The molecule has 0 amide bonds. The number of rotatable bonds is 5. The molecular weight excluding hydrogens is 266 g/mol. The summed E-state index contributed by atoms with van der Waals surface area (Å²) < 4.78 is 30.2. The number of nitrogens with one attached hydrogen (secondary N) is 1. The van der Waals surface area contributed by atoms with Crippen LogP contribution in [0.4, 0.5) is 0 Å². The van der Waals surface area contributed by atoms with Crippen molar-refractivity contribution in [2.24, 2.45) is 17.7 Å². The molecular formula is C12H25N3O3S. The van der Waals surface area contributed by atoms with Crippen LogP contribution >= 0.6 is 0 Å². The summed E-state index contributed by atoms with van der Waals surface area (Å²) in [4.78, 5) is 0. The Balaban J connectivity index is 1.90. The van der Waals surface area contributed by atoms with Gasteiger partial charge in [-0.15, -0.1) is 0 Å². The molecule has 0 bridgehead atoms. The van der Waals surface area contributed by atoms with Gasteiger partial charge in [-0.2, -0.15) is 0 Å². The van der Waals surface area contributed by atoms with Crippen LogP contribution in [0, 0.1) is 11.8 Å². The van der Waals surface area contributed by atoms with Gasteiger partial charge in [-0.3, -0.25) is 11.3 Å². The second-order valence-electron chi connectivity index (χ2n) is 5.76. The topological polar surface area (TPSA) is 84.7 Å². The van der Waals surface area contributed by atoms with Gasteiger partial charge in [0.05, 0.1) is 12.9 Å². The van der Waals surface area contributed by atoms with E-state index >= 15 is 0 Å². The molecule has 0 aromatic carbocycles. The average Bonchev–Trinajstić information content (AvgIpc) is 2.89. The van der Waals surface area contributed by atoms with Crippen molar-refractivity contribution in [1.82, 2.24) is 9.73 Å². The van der Waals surface area contributed by atoms with E-state index in [2.05, 4.69) is 5.43 Å². The summed E-state index contributed by atoms with van der Waals surface area (Å²) in [6.07, 6.45) is 5.28. The summed E-state index contributed by atoms with van der Waals surface area (Å²) in [6.45, 7) is 2.85. The Kier molecular flexibility index (Phi) is 5.19. The fourth-order valence-electron chi connectivity index (χ4n) is 3.15. The number of ether oxygens (including phenoxy) is 1. The summed E-state index contributed by atoms with van der Waals surface area (Å²) in [5.41, 5.74) is 2.90. The van der Waals surface area contributed by atoms with E-state index in [4.69, 9.17) is 10.6 Å². The van der Waals surface area contributed by atoms with Gasteiger partial charge in [0, 0.05) is 31.7 Å². The zero-order valence-electron chi connectivity index (χ0n) is 11.5. The van der Waals surface area contributed by atoms with Gasteiger partial charge in [-0.25, -0.2) is 12.7 Å². The molecule has 2 aliphatic heterocycles. The molecule has 0 aromatic heterocycles. The highest BCUT2D eigenvalue weighted by Crippen LogP contribution is 2.27. The van der Waals surface area contributed by atoms with E-state index in [9.17, 15) is 8.42 Å². The van der Waals surface area contributed by atoms with Crippen LogP contribution < -0.4 is 11.3 Å². The van der Waals surface area contributed by atoms with Gasteiger partial charge in [0.15, 0.2) is 0 Å². The minimum atomic E-state index is -3.06. The fraction of sp³-hybridized carbons (Fsp3) is 1.00. The van der Waals surface area contributed by atoms with Gasteiger partial charge in [0.1, 0.15) is 0 Å². The quantitative estimate of drug-likeness (QED) is 0.546. The van der Waals surface area contributed by atoms with Gasteiger partial charge in [-0.05, 0) is 31.6 Å². The van der Waals surface area contributed by atoms with Crippen LogP contribution in [0.25, 0.3) is 0 Å². The number of piperidine rings is 1. The van der Waals surface area contributed by atoms with E-state index in [1.807, 2.05) is 0 Å². The van der Waals surface area contributed by atoms with Crippen LogP contribution in [0.3, 0.4) is 0 Å². The van der Waals surface area contributed by atoms with Gasteiger partial charge in [0.2, 0.25) is 10.0 Å². The zero-order valence-corrected chi connectivity index (χ0v) is 12.4. The molecule has 0 radical (unpaired) electrons. The Morgan fingerprint density at radius 2 is 2.26 bits per heavy atom. The SMILES string of the molecule is CS(=O)(=O)N1CCCC(CC(NN)C2CCOC2)C1. The number of sulfonamides is 1. The first-order chi connectivity index (χ1) is 9.00. The van der Waals surface area contributed by atoms with E-state index < -0.39 is 10.0 Å². The van der Waals surface area contributed by atoms with Crippen LogP contribution in [-0.4, -0.2) is 51.3 Å². The van der Waals surface area contributed by atoms with Gasteiger partial charge >= 0.3 is 0 Å². The molecule has 112 valence electrons. The molecule has 7 heteroatoms. The molecule has 6 nitrogen and oxygen atoms in total. The first kappa shape index (κ1) is 15.2. The highest BCUT2D eigenvalue weighted by atomic mass is 32.2. The van der Waals surface area contributed by atoms with Crippen molar-refractivity contribution >= 4 is 10.0 Å². The van der Waals surface area contributed by atoms with Crippen molar-refractivity contribution in [3.63, 3.8) is 0 Å². The van der Waals surface area contributed by atoms with Crippen molar-refractivity contribution in [3.05, 3.63) is 0 Å². The Hall–Kier alpha value is -0.210. The summed E-state index contributed by atoms with van der Waals surface area (Å²) in [6, 6.07) is 0.229. The fourth-order valence-corrected chi connectivity index (χ4v) is 4.09. The first-order valence-corrected chi connectivity index (χ1v) is 8.84. The highest BCUT2D eigenvalue weighted by Gasteiger charge is 2.31. The molecule has 2 saturated heterocycles. The molecule has 19 heavy (non-hydrogen) atoms. The van der Waals surface area contributed by atoms with E-state index in [1.165, 1.54) is 6.26 Å². The molecule has 3 atom stereocenters. The van der Waals surface area contributed by atoms with Crippen molar-refractivity contribution in [1.29, 1.82) is 0 Å². The maximum atomic E-state index is 11.6. The van der Waals surface area contributed by atoms with Gasteiger partial charge in [-0.1, -0.05) is 0 Å². The van der Waals surface area contributed by atoms with Crippen LogP contribution in [0.5, 0.6) is 0 Å². The van der Waals surface area contributed by atoms with Gasteiger partial charge in [0.25, 0.3) is 0 Å². The zero-order chi connectivity index (χ0) is 13.9. The van der Waals surface area contributed by atoms with Crippen LogP contribution in [0.2, 0.25) is 0 Å². The normalized spacial score (nSPS) is 31.5. The molecule has 2 aliphatic rings. The first-order valence-electron chi connectivity index (χ1n) is 6.99. The van der Waals surface area contributed by atoms with Crippen LogP contribution in [0.1, 0.15) is 25.7 Å². The molecule has 0 spiro atoms. The van der Waals surface area contributed by atoms with Crippen molar-refractivity contribution in [2.45, 2.75) is 31.7 Å². The van der Waals surface area contributed by atoms with E-state index in [1.54, 1.807) is 4.31 Å². The molecule has 3 unspecified atom stereocenters. The Morgan fingerprint density at radius 3 is 2.84 bits per heavy atom. The van der Waals surface area contributed by atoms with Crippen molar-refractivity contribution < 1.29 is 13.2 Å². The third-order valence-electron chi connectivity index (χ3n) is 4.29. The molecule has 3 N–H and O–H groups in total. The minimum absolute atomic E-state index is 0.229. The number of hydrazine groups is 1. The second kappa shape index (κ2) is 6.49. The Bertz CT molecular complexity index is 382. The molecule has 0 aliphatic carbocycles.